The third-order valence-corrected chi connectivity index (χ3v) is 4.63. The number of carbonyl (C=O) groups excluding carboxylic acids is 1. The second-order valence-electron chi connectivity index (χ2n) is 6.25. The van der Waals surface area contributed by atoms with E-state index in [1.165, 1.54) is 24.3 Å². The summed E-state index contributed by atoms with van der Waals surface area (Å²) in [5.74, 6) is -0.518. The van der Waals surface area contributed by atoms with Crippen LogP contribution in [0.2, 0.25) is 0 Å². The van der Waals surface area contributed by atoms with Gasteiger partial charge in [0.1, 0.15) is 11.6 Å². The molecule has 1 amide bonds. The smallest absolute Gasteiger partial charge is 0.223 e. The van der Waals surface area contributed by atoms with Gasteiger partial charge < -0.3 is 10.6 Å². The minimum absolute atomic E-state index is 0.0554. The Labute approximate surface area is 140 Å². The summed E-state index contributed by atoms with van der Waals surface area (Å²) in [5, 5.41) is 6.19. The van der Waals surface area contributed by atoms with Crippen LogP contribution in [0.4, 0.5) is 8.78 Å². The first-order valence-corrected chi connectivity index (χ1v) is 8.06. The van der Waals surface area contributed by atoms with E-state index in [2.05, 4.69) is 10.6 Å². The van der Waals surface area contributed by atoms with E-state index in [-0.39, 0.29) is 23.5 Å². The van der Waals surface area contributed by atoms with Crippen LogP contribution < -0.4 is 10.6 Å². The molecule has 1 fully saturated rings. The van der Waals surface area contributed by atoms with Crippen molar-refractivity contribution in [3.63, 3.8) is 0 Å². The quantitative estimate of drug-likeness (QED) is 0.885. The largest absolute Gasteiger partial charge is 0.345 e. The predicted molar refractivity (Wildman–Crippen MR) is 88.3 cm³/mol. The lowest BCUT2D eigenvalue weighted by atomic mass is 9.87. The predicted octanol–water partition coefficient (Wildman–Crippen LogP) is 3.03. The van der Waals surface area contributed by atoms with Gasteiger partial charge in [-0.05, 0) is 54.4 Å². The molecule has 3 nitrogen and oxygen atoms in total. The Kier molecular flexibility index (Phi) is 4.90. The van der Waals surface area contributed by atoms with Crippen LogP contribution in [0.3, 0.4) is 0 Å². The van der Waals surface area contributed by atoms with Crippen LogP contribution in [-0.4, -0.2) is 19.0 Å². The highest BCUT2D eigenvalue weighted by molar-refractivity contribution is 5.79. The average molecular weight is 330 g/mol. The molecule has 1 saturated heterocycles. The van der Waals surface area contributed by atoms with Gasteiger partial charge in [-0.2, -0.15) is 0 Å². The second kappa shape index (κ2) is 7.09. The summed E-state index contributed by atoms with van der Waals surface area (Å²) < 4.78 is 26.4. The first kappa shape index (κ1) is 16.6. The summed E-state index contributed by atoms with van der Waals surface area (Å²) in [5.41, 5.74) is 1.52. The lowest BCUT2D eigenvalue weighted by Crippen LogP contribution is -2.50. The highest BCUT2D eigenvalue weighted by Gasteiger charge is 2.30. The van der Waals surface area contributed by atoms with Gasteiger partial charge >= 0.3 is 0 Å². The number of benzene rings is 2. The molecule has 5 heteroatoms. The van der Waals surface area contributed by atoms with Gasteiger partial charge in [-0.3, -0.25) is 4.79 Å². The van der Waals surface area contributed by atoms with Gasteiger partial charge in [0.15, 0.2) is 0 Å². The molecule has 1 unspecified atom stereocenters. The van der Waals surface area contributed by atoms with Crippen LogP contribution in [-0.2, 0) is 4.79 Å². The Morgan fingerprint density at radius 2 is 1.46 bits per heavy atom. The van der Waals surface area contributed by atoms with Gasteiger partial charge in [0.05, 0.1) is 6.04 Å². The number of carbonyl (C=O) groups is 1. The fourth-order valence-corrected chi connectivity index (χ4v) is 2.82. The average Bonchev–Trinajstić information content (AvgIpc) is 2.53. The SMILES string of the molecule is CC(C(=O)NC(c1ccc(F)cc1)c1ccc(F)cc1)C1CNC1. The first-order valence-electron chi connectivity index (χ1n) is 8.06. The minimum atomic E-state index is -0.436. The molecule has 0 aromatic heterocycles. The van der Waals surface area contributed by atoms with E-state index in [0.29, 0.717) is 5.92 Å². The molecule has 24 heavy (non-hydrogen) atoms. The number of hydrogen-bond acceptors (Lipinski definition) is 2. The summed E-state index contributed by atoms with van der Waals surface area (Å²) >= 11 is 0. The van der Waals surface area contributed by atoms with Crippen LogP contribution in [0.5, 0.6) is 0 Å². The third kappa shape index (κ3) is 3.62. The summed E-state index contributed by atoms with van der Waals surface area (Å²) in [6.07, 6.45) is 0. The van der Waals surface area contributed by atoms with Crippen LogP contribution in [0.1, 0.15) is 24.1 Å². The van der Waals surface area contributed by atoms with Crippen molar-refractivity contribution in [1.29, 1.82) is 0 Å². The molecule has 2 aromatic carbocycles. The molecule has 0 spiro atoms. The Balaban J connectivity index is 1.85. The number of hydrogen-bond donors (Lipinski definition) is 2. The Morgan fingerprint density at radius 1 is 1.00 bits per heavy atom. The molecule has 0 bridgehead atoms. The molecule has 0 saturated carbocycles. The van der Waals surface area contributed by atoms with Gasteiger partial charge in [-0.25, -0.2) is 8.78 Å². The van der Waals surface area contributed by atoms with Gasteiger partial charge in [0, 0.05) is 5.92 Å². The van der Waals surface area contributed by atoms with Crippen LogP contribution in [0, 0.1) is 23.5 Å². The molecule has 1 aliphatic heterocycles. The standard InChI is InChI=1S/C19H20F2N2O/c1-12(15-10-22-11-15)19(24)23-18(13-2-6-16(20)7-3-13)14-4-8-17(21)9-5-14/h2-9,12,15,18,22H,10-11H2,1H3,(H,23,24). The summed E-state index contributed by atoms with van der Waals surface area (Å²) in [6.45, 7) is 3.59. The van der Waals surface area contributed by atoms with E-state index >= 15 is 0 Å². The van der Waals surface area contributed by atoms with Gasteiger partial charge in [-0.1, -0.05) is 31.2 Å². The topological polar surface area (TPSA) is 41.1 Å². The minimum Gasteiger partial charge on any atom is -0.345 e. The molecule has 0 aliphatic carbocycles. The number of halogens is 2. The van der Waals surface area contributed by atoms with Crippen molar-refractivity contribution in [1.82, 2.24) is 10.6 Å². The summed E-state index contributed by atoms with van der Waals surface area (Å²) in [4.78, 5) is 12.6. The van der Waals surface area contributed by atoms with E-state index < -0.39 is 6.04 Å². The fraction of sp³-hybridized carbons (Fsp3) is 0.316. The van der Waals surface area contributed by atoms with Crippen LogP contribution in [0.25, 0.3) is 0 Å². The van der Waals surface area contributed by atoms with Gasteiger partial charge in [0.2, 0.25) is 5.91 Å². The molecule has 2 aromatic rings. The number of amides is 1. The van der Waals surface area contributed by atoms with Crippen molar-refractivity contribution in [2.24, 2.45) is 11.8 Å². The normalized spacial score (nSPS) is 15.8. The lowest BCUT2D eigenvalue weighted by Gasteiger charge is -2.33. The maximum Gasteiger partial charge on any atom is 0.223 e. The molecule has 126 valence electrons. The van der Waals surface area contributed by atoms with Crippen molar-refractivity contribution in [3.8, 4) is 0 Å². The van der Waals surface area contributed by atoms with Gasteiger partial charge in [-0.15, -0.1) is 0 Å². The van der Waals surface area contributed by atoms with Crippen molar-refractivity contribution in [2.75, 3.05) is 13.1 Å². The molecule has 3 rings (SSSR count). The van der Waals surface area contributed by atoms with E-state index in [1.807, 2.05) is 6.92 Å². The number of nitrogens with one attached hydrogen (secondary N) is 2. The second-order valence-corrected chi connectivity index (χ2v) is 6.25. The van der Waals surface area contributed by atoms with Crippen molar-refractivity contribution in [3.05, 3.63) is 71.3 Å². The Bertz CT molecular complexity index is 651. The molecule has 1 heterocycles. The summed E-state index contributed by atoms with van der Waals surface area (Å²) in [7, 11) is 0. The van der Waals surface area contributed by atoms with Crippen LogP contribution in [0.15, 0.2) is 48.5 Å². The molecule has 2 N–H and O–H groups in total. The maximum atomic E-state index is 13.2. The third-order valence-electron chi connectivity index (χ3n) is 4.63. The van der Waals surface area contributed by atoms with E-state index in [9.17, 15) is 13.6 Å². The van der Waals surface area contributed by atoms with Crippen LogP contribution >= 0.6 is 0 Å². The zero-order valence-electron chi connectivity index (χ0n) is 13.4. The molecular formula is C19H20F2N2O. The van der Waals surface area contributed by atoms with E-state index in [4.69, 9.17) is 0 Å². The summed E-state index contributed by atoms with van der Waals surface area (Å²) in [6, 6.07) is 11.6. The van der Waals surface area contributed by atoms with E-state index in [0.717, 1.165) is 24.2 Å². The lowest BCUT2D eigenvalue weighted by molar-refractivity contribution is -0.127. The highest BCUT2D eigenvalue weighted by Crippen LogP contribution is 2.25. The zero-order valence-corrected chi connectivity index (χ0v) is 13.4. The Hall–Kier alpha value is -2.27. The first-order chi connectivity index (χ1) is 11.5. The van der Waals surface area contributed by atoms with Crippen molar-refractivity contribution in [2.45, 2.75) is 13.0 Å². The van der Waals surface area contributed by atoms with Gasteiger partial charge in [0.25, 0.3) is 0 Å². The fourth-order valence-electron chi connectivity index (χ4n) is 2.82. The molecule has 1 aliphatic rings. The monoisotopic (exact) mass is 330 g/mol. The molecule has 1 atom stereocenters. The number of rotatable bonds is 5. The van der Waals surface area contributed by atoms with E-state index in [1.54, 1.807) is 24.3 Å². The Morgan fingerprint density at radius 3 is 1.83 bits per heavy atom. The molecule has 0 radical (unpaired) electrons. The maximum absolute atomic E-state index is 13.2. The van der Waals surface area contributed by atoms with Crippen molar-refractivity contribution >= 4 is 5.91 Å². The zero-order chi connectivity index (χ0) is 17.1. The highest BCUT2D eigenvalue weighted by atomic mass is 19.1. The van der Waals surface area contributed by atoms with Crippen molar-refractivity contribution < 1.29 is 13.6 Å². The molecular weight excluding hydrogens is 310 g/mol.